The molecule has 2 aromatic carbocycles. The van der Waals surface area contributed by atoms with Gasteiger partial charge in [-0.05, 0) is 56.0 Å². The minimum absolute atomic E-state index is 0.149. The monoisotopic (exact) mass is 493 g/mol. The molecule has 9 heteroatoms. The number of para-hydroxylation sites is 1. The Morgan fingerprint density at radius 3 is 2.09 bits per heavy atom. The predicted octanol–water partition coefficient (Wildman–Crippen LogP) is 3.67. The van der Waals surface area contributed by atoms with Crippen LogP contribution in [0.15, 0.2) is 42.5 Å². The molecular weight excluding hydrogens is 462 g/mol. The number of hydrogen-bond acceptors (Lipinski definition) is 4. The topological polar surface area (TPSA) is 86.8 Å². The van der Waals surface area contributed by atoms with Crippen LogP contribution < -0.4 is 9.62 Å². The number of likely N-dealkylation sites (N-methyl/N-ethyl adjacent to an activating group) is 1. The molecule has 1 unspecified atom stereocenters. The van der Waals surface area contributed by atoms with E-state index >= 15 is 0 Å². The van der Waals surface area contributed by atoms with Crippen molar-refractivity contribution in [2.75, 3.05) is 23.7 Å². The number of carbonyl (C=O) groups is 2. The first-order valence-corrected chi connectivity index (χ1v) is 13.1. The number of sulfonamides is 1. The smallest absolute Gasteiger partial charge is 0.244 e. The Morgan fingerprint density at radius 1 is 1.03 bits per heavy atom. The van der Waals surface area contributed by atoms with Gasteiger partial charge in [0.1, 0.15) is 12.6 Å². The minimum atomic E-state index is -3.77. The van der Waals surface area contributed by atoms with Gasteiger partial charge in [-0.2, -0.15) is 0 Å². The Balaban J connectivity index is 2.48. The lowest BCUT2D eigenvalue weighted by Gasteiger charge is -2.33. The number of nitrogens with one attached hydrogen (secondary N) is 1. The van der Waals surface area contributed by atoms with Gasteiger partial charge in [-0.1, -0.05) is 48.9 Å². The molecule has 7 nitrogen and oxygen atoms in total. The zero-order valence-corrected chi connectivity index (χ0v) is 21.3. The van der Waals surface area contributed by atoms with E-state index in [9.17, 15) is 18.0 Å². The van der Waals surface area contributed by atoms with Crippen molar-refractivity contribution in [3.63, 3.8) is 0 Å². The van der Waals surface area contributed by atoms with Crippen molar-refractivity contribution in [2.45, 2.75) is 46.7 Å². The second-order valence-corrected chi connectivity index (χ2v) is 10.3. The fraction of sp³-hybridized carbons (Fsp3) is 0.417. The Bertz CT molecular complexity index is 1070. The first-order chi connectivity index (χ1) is 15.5. The number of amides is 2. The van der Waals surface area contributed by atoms with Crippen molar-refractivity contribution in [3.8, 4) is 0 Å². The molecule has 0 aliphatic heterocycles. The van der Waals surface area contributed by atoms with Gasteiger partial charge in [0, 0.05) is 18.1 Å². The molecule has 180 valence electrons. The number of nitrogens with zero attached hydrogens (tertiary/aromatic N) is 2. The predicted molar refractivity (Wildman–Crippen MR) is 133 cm³/mol. The zero-order valence-electron chi connectivity index (χ0n) is 19.8. The molecule has 0 heterocycles. The van der Waals surface area contributed by atoms with Gasteiger partial charge < -0.3 is 10.2 Å². The average Bonchev–Trinajstić information content (AvgIpc) is 2.73. The molecule has 0 saturated heterocycles. The molecule has 1 N–H and O–H groups in total. The van der Waals surface area contributed by atoms with Crippen LogP contribution in [0.3, 0.4) is 0 Å². The fourth-order valence-electron chi connectivity index (χ4n) is 3.77. The Morgan fingerprint density at radius 2 is 1.61 bits per heavy atom. The first kappa shape index (κ1) is 26.7. The summed E-state index contributed by atoms with van der Waals surface area (Å²) in [5.41, 5.74) is 2.75. The molecule has 2 rings (SSSR count). The van der Waals surface area contributed by atoms with E-state index in [0.717, 1.165) is 27.3 Å². The van der Waals surface area contributed by atoms with E-state index < -0.39 is 28.5 Å². The summed E-state index contributed by atoms with van der Waals surface area (Å²) in [6.07, 6.45) is 1.46. The molecule has 1 atom stereocenters. The molecule has 0 bridgehead atoms. The minimum Gasteiger partial charge on any atom is -0.355 e. The van der Waals surface area contributed by atoms with Crippen molar-refractivity contribution in [2.24, 2.45) is 0 Å². The molecule has 2 amide bonds. The highest BCUT2D eigenvalue weighted by Gasteiger charge is 2.32. The summed E-state index contributed by atoms with van der Waals surface area (Å²) in [4.78, 5) is 27.8. The quantitative estimate of drug-likeness (QED) is 0.547. The van der Waals surface area contributed by atoms with Gasteiger partial charge in [-0.25, -0.2) is 8.42 Å². The number of carbonyl (C=O) groups excluding carboxylic acids is 2. The Kier molecular flexibility index (Phi) is 9.31. The average molecular weight is 494 g/mol. The van der Waals surface area contributed by atoms with Gasteiger partial charge in [0.2, 0.25) is 21.8 Å². The SMILES string of the molecule is CCNC(=O)C(CC)N(Cc1ccc(Cl)cc1)C(=O)CN(c1c(C)cccc1C)S(C)(=O)=O. The van der Waals surface area contributed by atoms with Crippen molar-refractivity contribution in [1.82, 2.24) is 10.2 Å². The van der Waals surface area contributed by atoms with Crippen molar-refractivity contribution < 1.29 is 18.0 Å². The summed E-state index contributed by atoms with van der Waals surface area (Å²) in [6.45, 7) is 7.41. The molecule has 33 heavy (non-hydrogen) atoms. The molecule has 0 aliphatic rings. The summed E-state index contributed by atoms with van der Waals surface area (Å²) < 4.78 is 26.6. The van der Waals surface area contributed by atoms with Crippen LogP contribution in [0.5, 0.6) is 0 Å². The second-order valence-electron chi connectivity index (χ2n) is 7.98. The summed E-state index contributed by atoms with van der Waals surface area (Å²) in [5.74, 6) is -0.739. The summed E-state index contributed by atoms with van der Waals surface area (Å²) in [6, 6.07) is 11.7. The first-order valence-electron chi connectivity index (χ1n) is 10.8. The lowest BCUT2D eigenvalue weighted by Crippen LogP contribution is -2.52. The van der Waals surface area contributed by atoms with Gasteiger partial charge in [-0.3, -0.25) is 13.9 Å². The van der Waals surface area contributed by atoms with Gasteiger partial charge >= 0.3 is 0 Å². The van der Waals surface area contributed by atoms with E-state index in [4.69, 9.17) is 11.6 Å². The van der Waals surface area contributed by atoms with Crippen molar-refractivity contribution >= 4 is 39.1 Å². The van der Waals surface area contributed by atoms with Crippen LogP contribution in [0.2, 0.25) is 5.02 Å². The number of aryl methyl sites for hydroxylation is 2. The number of rotatable bonds is 10. The maximum Gasteiger partial charge on any atom is 0.244 e. The molecule has 0 fully saturated rings. The van der Waals surface area contributed by atoms with Crippen molar-refractivity contribution in [1.29, 1.82) is 0 Å². The van der Waals surface area contributed by atoms with Crippen LogP contribution in [0.25, 0.3) is 0 Å². The number of halogens is 1. The van der Waals surface area contributed by atoms with Gasteiger partial charge in [0.15, 0.2) is 0 Å². The number of hydrogen-bond donors (Lipinski definition) is 1. The van der Waals surface area contributed by atoms with E-state index in [1.54, 1.807) is 50.2 Å². The highest BCUT2D eigenvalue weighted by Crippen LogP contribution is 2.27. The Hall–Kier alpha value is -2.58. The molecule has 2 aromatic rings. The van der Waals surface area contributed by atoms with Gasteiger partial charge in [0.05, 0.1) is 11.9 Å². The third-order valence-electron chi connectivity index (χ3n) is 5.37. The van der Waals surface area contributed by atoms with E-state index in [1.165, 1.54) is 4.90 Å². The lowest BCUT2D eigenvalue weighted by atomic mass is 10.1. The van der Waals surface area contributed by atoms with Crippen LogP contribution in [0.1, 0.15) is 37.0 Å². The van der Waals surface area contributed by atoms with Crippen LogP contribution in [0.4, 0.5) is 5.69 Å². The number of anilines is 1. The lowest BCUT2D eigenvalue weighted by molar-refractivity contribution is -0.140. The van der Waals surface area contributed by atoms with Crippen LogP contribution in [-0.4, -0.2) is 50.5 Å². The second kappa shape index (κ2) is 11.5. The maximum atomic E-state index is 13.6. The maximum absolute atomic E-state index is 13.6. The highest BCUT2D eigenvalue weighted by atomic mass is 35.5. The zero-order chi connectivity index (χ0) is 24.8. The van der Waals surface area contributed by atoms with Crippen LogP contribution in [-0.2, 0) is 26.2 Å². The van der Waals surface area contributed by atoms with Crippen LogP contribution >= 0.6 is 11.6 Å². The summed E-state index contributed by atoms with van der Waals surface area (Å²) >= 11 is 5.99. The van der Waals surface area contributed by atoms with E-state index in [1.807, 2.05) is 19.9 Å². The molecule has 0 saturated carbocycles. The molecule has 0 radical (unpaired) electrons. The summed E-state index contributed by atoms with van der Waals surface area (Å²) in [5, 5.41) is 3.34. The van der Waals surface area contributed by atoms with E-state index in [-0.39, 0.29) is 12.5 Å². The highest BCUT2D eigenvalue weighted by molar-refractivity contribution is 7.92. The van der Waals surface area contributed by atoms with E-state index in [0.29, 0.717) is 23.7 Å². The Labute approximate surface area is 201 Å². The van der Waals surface area contributed by atoms with Gasteiger partial charge in [-0.15, -0.1) is 0 Å². The third-order valence-corrected chi connectivity index (χ3v) is 6.74. The third kappa shape index (κ3) is 6.95. The number of benzene rings is 2. The fourth-order valence-corrected chi connectivity index (χ4v) is 4.86. The van der Waals surface area contributed by atoms with Crippen LogP contribution in [0, 0.1) is 13.8 Å². The molecular formula is C24H32ClN3O4S. The van der Waals surface area contributed by atoms with Crippen molar-refractivity contribution in [3.05, 3.63) is 64.2 Å². The molecule has 0 spiro atoms. The standard InChI is InChI=1S/C24H32ClN3O4S/c1-6-21(24(30)26-7-2)27(15-19-11-13-20(25)14-12-19)22(29)16-28(33(5,31)32)23-17(3)9-8-10-18(23)4/h8-14,21H,6-7,15-16H2,1-5H3,(H,26,30). The molecule has 0 aliphatic carbocycles. The van der Waals surface area contributed by atoms with Gasteiger partial charge in [0.25, 0.3) is 0 Å². The molecule has 0 aromatic heterocycles. The largest absolute Gasteiger partial charge is 0.355 e. The van der Waals surface area contributed by atoms with E-state index in [2.05, 4.69) is 5.32 Å². The summed E-state index contributed by atoms with van der Waals surface area (Å²) in [7, 11) is -3.77. The normalized spacial score (nSPS) is 12.2.